The Bertz CT molecular complexity index is 1230. The molecule has 1 amide bonds. The second-order valence-electron chi connectivity index (χ2n) is 8.14. The zero-order chi connectivity index (χ0) is 22.9. The summed E-state index contributed by atoms with van der Waals surface area (Å²) in [4.78, 5) is 22.0. The van der Waals surface area contributed by atoms with Crippen molar-refractivity contribution in [1.29, 1.82) is 0 Å². The molecule has 0 spiro atoms. The lowest BCUT2D eigenvalue weighted by Crippen LogP contribution is -2.55. The highest BCUT2D eigenvalue weighted by molar-refractivity contribution is 6.04. The van der Waals surface area contributed by atoms with Crippen LogP contribution in [0.3, 0.4) is 0 Å². The van der Waals surface area contributed by atoms with Crippen LogP contribution in [0.15, 0.2) is 71.7 Å². The summed E-state index contributed by atoms with van der Waals surface area (Å²) in [5.41, 5.74) is 2.07. The molecular formula is C26H24FN3O3. The molecule has 1 atom stereocenters. The highest BCUT2D eigenvalue weighted by atomic mass is 19.1. The lowest BCUT2D eigenvalue weighted by Gasteiger charge is -2.41. The minimum atomic E-state index is -0.354. The first-order valence-electron chi connectivity index (χ1n) is 10.9. The third kappa shape index (κ3) is 3.91. The Morgan fingerprint density at radius 1 is 1.06 bits per heavy atom. The fourth-order valence-electron chi connectivity index (χ4n) is 4.33. The molecule has 5 rings (SSSR count). The van der Waals surface area contributed by atoms with E-state index in [1.165, 1.54) is 24.3 Å². The molecule has 168 valence electrons. The number of hydrogen-bond donors (Lipinski definition) is 0. The smallest absolute Gasteiger partial charge is 0.254 e. The van der Waals surface area contributed by atoms with Crippen LogP contribution in [0.1, 0.15) is 22.8 Å². The van der Waals surface area contributed by atoms with Crippen LogP contribution in [0, 0.1) is 5.82 Å². The third-order valence-electron chi connectivity index (χ3n) is 6.02. The molecule has 0 aliphatic carbocycles. The van der Waals surface area contributed by atoms with Crippen LogP contribution in [-0.4, -0.2) is 54.3 Å². The Labute approximate surface area is 191 Å². The summed E-state index contributed by atoms with van der Waals surface area (Å²) in [6.45, 7) is 3.75. The molecule has 2 heterocycles. The maximum absolute atomic E-state index is 13.3. The predicted octanol–water partition coefficient (Wildman–Crippen LogP) is 4.86. The van der Waals surface area contributed by atoms with Crippen molar-refractivity contribution in [3.8, 4) is 17.2 Å². The summed E-state index contributed by atoms with van der Waals surface area (Å²) in [7, 11) is 1.62. The maximum Gasteiger partial charge on any atom is 0.254 e. The van der Waals surface area contributed by atoms with Gasteiger partial charge < -0.3 is 19.3 Å². The number of halogens is 1. The number of benzene rings is 3. The Balaban J connectivity index is 1.46. The lowest BCUT2D eigenvalue weighted by atomic mass is 10.1. The second-order valence-corrected chi connectivity index (χ2v) is 8.14. The molecule has 2 aliphatic heterocycles. The van der Waals surface area contributed by atoms with Crippen molar-refractivity contribution in [3.63, 3.8) is 0 Å². The SMILES string of the molecule is COc1cccc2c1Oc1ccccc1N=C2N1CCN(C(=O)c2ccc(F)cc2)[C@@H](C)C1. The van der Waals surface area contributed by atoms with E-state index in [0.29, 0.717) is 42.4 Å². The van der Waals surface area contributed by atoms with Gasteiger partial charge in [0.1, 0.15) is 17.3 Å². The number of fused-ring (bicyclic) bond motifs is 2. The molecule has 0 radical (unpaired) electrons. The largest absolute Gasteiger partial charge is 0.493 e. The Morgan fingerprint density at radius 2 is 1.85 bits per heavy atom. The van der Waals surface area contributed by atoms with Crippen LogP contribution in [-0.2, 0) is 0 Å². The number of aliphatic imine (C=N–C) groups is 1. The van der Waals surface area contributed by atoms with Gasteiger partial charge in [-0.1, -0.05) is 18.2 Å². The van der Waals surface area contributed by atoms with Crippen molar-refractivity contribution in [2.24, 2.45) is 4.99 Å². The maximum atomic E-state index is 13.3. The molecule has 1 saturated heterocycles. The summed E-state index contributed by atoms with van der Waals surface area (Å²) in [5.74, 6) is 2.26. The monoisotopic (exact) mass is 445 g/mol. The molecule has 0 bridgehead atoms. The number of piperazine rings is 1. The number of methoxy groups -OCH3 is 1. The quantitative estimate of drug-likeness (QED) is 0.565. The minimum Gasteiger partial charge on any atom is -0.493 e. The molecule has 2 aliphatic rings. The first-order chi connectivity index (χ1) is 16.0. The normalized spacial score (nSPS) is 17.3. The second kappa shape index (κ2) is 8.58. The van der Waals surface area contributed by atoms with E-state index in [2.05, 4.69) is 4.90 Å². The van der Waals surface area contributed by atoms with E-state index in [1.54, 1.807) is 7.11 Å². The lowest BCUT2D eigenvalue weighted by molar-refractivity contribution is 0.0581. The van der Waals surface area contributed by atoms with E-state index < -0.39 is 0 Å². The van der Waals surface area contributed by atoms with Gasteiger partial charge in [0.25, 0.3) is 5.91 Å². The Kier molecular flexibility index (Phi) is 5.46. The summed E-state index contributed by atoms with van der Waals surface area (Å²) in [5, 5.41) is 0. The number of hydrogen-bond acceptors (Lipinski definition) is 5. The summed E-state index contributed by atoms with van der Waals surface area (Å²) in [6.07, 6.45) is 0. The van der Waals surface area contributed by atoms with Gasteiger partial charge in [0.15, 0.2) is 17.2 Å². The van der Waals surface area contributed by atoms with Crippen LogP contribution in [0.5, 0.6) is 17.2 Å². The molecule has 0 aromatic heterocycles. The van der Waals surface area contributed by atoms with Gasteiger partial charge in [-0.25, -0.2) is 9.38 Å². The van der Waals surface area contributed by atoms with E-state index in [1.807, 2.05) is 54.3 Å². The van der Waals surface area contributed by atoms with Crippen molar-refractivity contribution < 1.29 is 18.7 Å². The summed E-state index contributed by atoms with van der Waals surface area (Å²) in [6, 6.07) is 19.0. The van der Waals surface area contributed by atoms with Gasteiger partial charge in [-0.15, -0.1) is 0 Å². The molecule has 33 heavy (non-hydrogen) atoms. The number of carbonyl (C=O) groups is 1. The number of carbonyl (C=O) groups excluding carboxylic acids is 1. The van der Waals surface area contributed by atoms with Crippen LogP contribution in [0.2, 0.25) is 0 Å². The summed E-state index contributed by atoms with van der Waals surface area (Å²) < 4.78 is 25.1. The van der Waals surface area contributed by atoms with Gasteiger partial charge in [-0.05, 0) is 55.5 Å². The fraction of sp³-hybridized carbons (Fsp3) is 0.231. The van der Waals surface area contributed by atoms with E-state index in [0.717, 1.165) is 17.1 Å². The van der Waals surface area contributed by atoms with Crippen molar-refractivity contribution >= 4 is 17.4 Å². The first-order valence-corrected chi connectivity index (χ1v) is 10.9. The number of amidine groups is 1. The molecule has 1 fully saturated rings. The highest BCUT2D eigenvalue weighted by Crippen LogP contribution is 2.42. The van der Waals surface area contributed by atoms with Gasteiger partial charge >= 0.3 is 0 Å². The van der Waals surface area contributed by atoms with E-state index in [9.17, 15) is 9.18 Å². The molecule has 3 aromatic rings. The number of amides is 1. The standard InChI is InChI=1S/C26H24FN3O3/c1-17-16-29(14-15-30(17)26(31)18-10-12-19(27)13-11-18)25-20-6-5-9-23(32-2)24(20)33-22-8-4-3-7-21(22)28-25/h3-13,17H,14-16H2,1-2H3/t17-/m0/s1. The van der Waals surface area contributed by atoms with Gasteiger partial charge in [0.2, 0.25) is 0 Å². The molecule has 0 N–H and O–H groups in total. The average Bonchev–Trinajstić information content (AvgIpc) is 3.01. The highest BCUT2D eigenvalue weighted by Gasteiger charge is 2.32. The molecular weight excluding hydrogens is 421 g/mol. The van der Waals surface area contributed by atoms with E-state index >= 15 is 0 Å². The minimum absolute atomic E-state index is 0.0625. The fourth-order valence-corrected chi connectivity index (χ4v) is 4.33. The van der Waals surface area contributed by atoms with Gasteiger partial charge in [0, 0.05) is 31.2 Å². The Morgan fingerprint density at radius 3 is 2.61 bits per heavy atom. The van der Waals surface area contributed by atoms with Crippen LogP contribution < -0.4 is 9.47 Å². The van der Waals surface area contributed by atoms with Crippen LogP contribution >= 0.6 is 0 Å². The number of rotatable bonds is 2. The zero-order valence-electron chi connectivity index (χ0n) is 18.5. The van der Waals surface area contributed by atoms with Crippen molar-refractivity contribution in [2.45, 2.75) is 13.0 Å². The van der Waals surface area contributed by atoms with Gasteiger partial charge in [-0.2, -0.15) is 0 Å². The number of ether oxygens (including phenoxy) is 2. The van der Waals surface area contributed by atoms with Crippen LogP contribution in [0.4, 0.5) is 10.1 Å². The van der Waals surface area contributed by atoms with Crippen LogP contribution in [0.25, 0.3) is 0 Å². The molecule has 0 saturated carbocycles. The zero-order valence-corrected chi connectivity index (χ0v) is 18.5. The van der Waals surface area contributed by atoms with Crippen molar-refractivity contribution in [2.75, 3.05) is 26.7 Å². The molecule has 3 aromatic carbocycles. The summed E-state index contributed by atoms with van der Waals surface area (Å²) >= 11 is 0. The topological polar surface area (TPSA) is 54.4 Å². The third-order valence-corrected chi connectivity index (χ3v) is 6.02. The van der Waals surface area contributed by atoms with Gasteiger partial charge in [-0.3, -0.25) is 4.79 Å². The average molecular weight is 445 g/mol. The van der Waals surface area contributed by atoms with Crippen molar-refractivity contribution in [3.05, 3.63) is 83.7 Å². The van der Waals surface area contributed by atoms with E-state index in [4.69, 9.17) is 14.5 Å². The van der Waals surface area contributed by atoms with E-state index in [-0.39, 0.29) is 17.8 Å². The molecule has 0 unspecified atom stereocenters. The molecule has 7 heteroatoms. The van der Waals surface area contributed by atoms with Gasteiger partial charge in [0.05, 0.1) is 12.7 Å². The molecule has 6 nitrogen and oxygen atoms in total. The number of para-hydroxylation sites is 3. The van der Waals surface area contributed by atoms with Crippen molar-refractivity contribution in [1.82, 2.24) is 9.80 Å². The Hall–Kier alpha value is -3.87. The first kappa shape index (κ1) is 21.0. The predicted molar refractivity (Wildman–Crippen MR) is 124 cm³/mol. The number of nitrogens with zero attached hydrogens (tertiary/aromatic N) is 3.